The molecule has 0 aliphatic heterocycles. The lowest BCUT2D eigenvalue weighted by atomic mass is 10.1. The first kappa shape index (κ1) is 18.4. The Bertz CT molecular complexity index is 1230. The number of nitrogens with two attached hydrogens (primary N) is 1. The Morgan fingerprint density at radius 3 is 2.79 bits per heavy atom. The standard InChI is InChI=1S/C14H14ClNO.C6H5FN4/c1-2-10-8-9-4-3-5-12(15)13(9)14(17)16(10)11-6-7-11;7-3-1-9-6-4(3)5(8)10-2-11-6/h3-5,8,11H,2,6-7H2,1H3;1-2H,(H3,8,9,10,11). The Balaban J connectivity index is 0.000000151. The zero-order chi connectivity index (χ0) is 19.8. The highest BCUT2D eigenvalue weighted by Crippen LogP contribution is 2.35. The Hall–Kier alpha value is -2.93. The molecule has 0 bridgehead atoms. The number of aryl methyl sites for hydroxylation is 1. The van der Waals surface area contributed by atoms with Gasteiger partial charge in [-0.2, -0.15) is 0 Å². The highest BCUT2D eigenvalue weighted by atomic mass is 35.5. The summed E-state index contributed by atoms with van der Waals surface area (Å²) in [6.07, 6.45) is 5.60. The molecule has 0 saturated heterocycles. The molecule has 0 amide bonds. The highest BCUT2D eigenvalue weighted by molar-refractivity contribution is 6.35. The van der Waals surface area contributed by atoms with Crippen molar-refractivity contribution in [2.75, 3.05) is 5.73 Å². The molecule has 3 heterocycles. The molecule has 8 heteroatoms. The van der Waals surface area contributed by atoms with Gasteiger partial charge in [-0.15, -0.1) is 0 Å². The summed E-state index contributed by atoms with van der Waals surface area (Å²) in [7, 11) is 0. The number of hydrogen-bond acceptors (Lipinski definition) is 4. The van der Waals surface area contributed by atoms with Gasteiger partial charge >= 0.3 is 0 Å². The zero-order valence-electron chi connectivity index (χ0n) is 15.2. The quantitative estimate of drug-likeness (QED) is 0.527. The van der Waals surface area contributed by atoms with E-state index in [1.54, 1.807) is 6.07 Å². The normalized spacial score (nSPS) is 13.5. The van der Waals surface area contributed by atoms with Crippen molar-refractivity contribution in [3.8, 4) is 0 Å². The second kappa shape index (κ2) is 7.24. The van der Waals surface area contributed by atoms with E-state index in [1.807, 2.05) is 16.7 Å². The summed E-state index contributed by atoms with van der Waals surface area (Å²) in [5.41, 5.74) is 7.01. The fraction of sp³-hybridized carbons (Fsp3) is 0.250. The summed E-state index contributed by atoms with van der Waals surface area (Å²) in [5, 5.41) is 2.44. The Labute approximate surface area is 165 Å². The van der Waals surface area contributed by atoms with Gasteiger partial charge < -0.3 is 15.3 Å². The van der Waals surface area contributed by atoms with Crippen molar-refractivity contribution in [2.24, 2.45) is 0 Å². The molecule has 5 rings (SSSR count). The molecule has 0 radical (unpaired) electrons. The van der Waals surface area contributed by atoms with E-state index in [0.717, 1.165) is 30.3 Å². The molecule has 0 unspecified atom stereocenters. The number of aromatic nitrogens is 4. The van der Waals surface area contributed by atoms with Crippen LogP contribution in [0.2, 0.25) is 5.02 Å². The van der Waals surface area contributed by atoms with E-state index in [1.165, 1.54) is 12.5 Å². The van der Waals surface area contributed by atoms with Crippen molar-refractivity contribution >= 4 is 39.2 Å². The van der Waals surface area contributed by atoms with Crippen molar-refractivity contribution in [3.05, 3.63) is 63.7 Å². The van der Waals surface area contributed by atoms with E-state index < -0.39 is 5.82 Å². The average Bonchev–Trinajstić information content (AvgIpc) is 3.44. The highest BCUT2D eigenvalue weighted by Gasteiger charge is 2.27. The molecule has 3 aromatic heterocycles. The van der Waals surface area contributed by atoms with E-state index in [4.69, 9.17) is 17.3 Å². The number of benzene rings is 1. The van der Waals surface area contributed by atoms with Crippen LogP contribution in [0.5, 0.6) is 0 Å². The van der Waals surface area contributed by atoms with Gasteiger partial charge in [0.25, 0.3) is 5.56 Å². The molecular weight excluding hydrogens is 381 g/mol. The van der Waals surface area contributed by atoms with Gasteiger partial charge in [-0.25, -0.2) is 14.4 Å². The molecular formula is C20H19ClFN5O. The molecule has 1 fully saturated rings. The molecule has 144 valence electrons. The first-order valence-corrected chi connectivity index (χ1v) is 9.44. The second-order valence-electron chi connectivity index (χ2n) is 6.72. The van der Waals surface area contributed by atoms with Crippen LogP contribution < -0.4 is 11.3 Å². The van der Waals surface area contributed by atoms with Crippen molar-refractivity contribution in [1.82, 2.24) is 19.5 Å². The minimum Gasteiger partial charge on any atom is -0.383 e. The fourth-order valence-electron chi connectivity index (χ4n) is 3.34. The van der Waals surface area contributed by atoms with E-state index in [9.17, 15) is 9.18 Å². The predicted octanol–water partition coefficient (Wildman–Crippen LogP) is 4.23. The van der Waals surface area contributed by atoms with E-state index >= 15 is 0 Å². The molecule has 1 aromatic carbocycles. The maximum atomic E-state index is 12.8. The number of anilines is 1. The van der Waals surface area contributed by atoms with Gasteiger partial charge in [-0.3, -0.25) is 4.79 Å². The van der Waals surface area contributed by atoms with Gasteiger partial charge in [0.15, 0.2) is 5.82 Å². The van der Waals surface area contributed by atoms with Crippen molar-refractivity contribution in [1.29, 1.82) is 0 Å². The third kappa shape index (κ3) is 3.22. The monoisotopic (exact) mass is 399 g/mol. The maximum absolute atomic E-state index is 12.8. The largest absolute Gasteiger partial charge is 0.383 e. The number of nitrogens with zero attached hydrogens (tertiary/aromatic N) is 3. The SMILES string of the molecule is CCc1cc2cccc(Cl)c2c(=O)n1C1CC1.Nc1ncnc2[nH]cc(F)c12. The molecule has 1 aliphatic rings. The topological polar surface area (TPSA) is 89.6 Å². The van der Waals surface area contributed by atoms with Crippen LogP contribution >= 0.6 is 11.6 Å². The molecule has 6 nitrogen and oxygen atoms in total. The minimum absolute atomic E-state index is 0.0763. The van der Waals surface area contributed by atoms with Gasteiger partial charge in [0.2, 0.25) is 0 Å². The van der Waals surface area contributed by atoms with E-state index in [-0.39, 0.29) is 16.8 Å². The number of hydrogen-bond donors (Lipinski definition) is 2. The van der Waals surface area contributed by atoms with Crippen LogP contribution in [0.1, 0.15) is 31.5 Å². The first-order valence-electron chi connectivity index (χ1n) is 9.07. The van der Waals surface area contributed by atoms with Crippen LogP contribution in [0.25, 0.3) is 21.8 Å². The van der Waals surface area contributed by atoms with Crippen LogP contribution in [-0.2, 0) is 6.42 Å². The summed E-state index contributed by atoms with van der Waals surface area (Å²) >= 11 is 6.14. The predicted molar refractivity (Wildman–Crippen MR) is 109 cm³/mol. The maximum Gasteiger partial charge on any atom is 0.260 e. The van der Waals surface area contributed by atoms with Crippen molar-refractivity contribution < 1.29 is 4.39 Å². The van der Waals surface area contributed by atoms with E-state index in [2.05, 4.69) is 27.9 Å². The zero-order valence-corrected chi connectivity index (χ0v) is 16.0. The number of halogens is 2. The summed E-state index contributed by atoms with van der Waals surface area (Å²) in [6.45, 7) is 2.09. The molecule has 3 N–H and O–H groups in total. The van der Waals surface area contributed by atoms with Gasteiger partial charge in [0.1, 0.15) is 17.8 Å². The van der Waals surface area contributed by atoms with Crippen LogP contribution in [0.3, 0.4) is 0 Å². The molecule has 0 spiro atoms. The Kier molecular flexibility index (Phi) is 4.77. The van der Waals surface area contributed by atoms with Crippen molar-refractivity contribution in [2.45, 2.75) is 32.2 Å². The third-order valence-electron chi connectivity index (χ3n) is 4.84. The number of H-pyrrole nitrogens is 1. The Morgan fingerprint density at radius 2 is 2.11 bits per heavy atom. The second-order valence-corrected chi connectivity index (χ2v) is 7.13. The number of nitrogens with one attached hydrogen (secondary N) is 1. The lowest BCUT2D eigenvalue weighted by molar-refractivity contribution is 0.639. The van der Waals surface area contributed by atoms with Gasteiger partial charge in [0.05, 0.1) is 15.8 Å². The smallest absolute Gasteiger partial charge is 0.260 e. The molecule has 1 saturated carbocycles. The fourth-order valence-corrected chi connectivity index (χ4v) is 3.60. The first-order chi connectivity index (χ1) is 13.5. The van der Waals surface area contributed by atoms with Crippen LogP contribution in [0.4, 0.5) is 10.2 Å². The molecule has 28 heavy (non-hydrogen) atoms. The van der Waals surface area contributed by atoms with Gasteiger partial charge in [-0.1, -0.05) is 30.7 Å². The van der Waals surface area contributed by atoms with Crippen LogP contribution in [0, 0.1) is 5.82 Å². The lowest BCUT2D eigenvalue weighted by Crippen LogP contribution is -2.22. The lowest BCUT2D eigenvalue weighted by Gasteiger charge is -2.12. The number of pyridine rings is 1. The minimum atomic E-state index is -0.418. The molecule has 0 atom stereocenters. The van der Waals surface area contributed by atoms with Crippen LogP contribution in [-0.4, -0.2) is 19.5 Å². The Morgan fingerprint density at radius 1 is 1.32 bits per heavy atom. The number of aromatic amines is 1. The summed E-state index contributed by atoms with van der Waals surface area (Å²) in [4.78, 5) is 22.5. The molecule has 1 aliphatic carbocycles. The van der Waals surface area contributed by atoms with Crippen molar-refractivity contribution in [3.63, 3.8) is 0 Å². The van der Waals surface area contributed by atoms with Gasteiger partial charge in [0, 0.05) is 17.9 Å². The number of fused-ring (bicyclic) bond motifs is 2. The third-order valence-corrected chi connectivity index (χ3v) is 5.15. The number of rotatable bonds is 2. The van der Waals surface area contributed by atoms with Gasteiger partial charge in [-0.05, 0) is 36.8 Å². The molecule has 4 aromatic rings. The summed E-state index contributed by atoms with van der Waals surface area (Å²) in [5.74, 6) is -0.258. The average molecular weight is 400 g/mol. The van der Waals surface area contributed by atoms with E-state index in [0.29, 0.717) is 22.1 Å². The summed E-state index contributed by atoms with van der Waals surface area (Å²) in [6, 6.07) is 8.14. The van der Waals surface area contributed by atoms with Crippen LogP contribution in [0.15, 0.2) is 41.6 Å². The summed E-state index contributed by atoms with van der Waals surface area (Å²) < 4.78 is 14.8. The number of nitrogen functional groups attached to an aromatic ring is 1.